The minimum atomic E-state index is -0.878. The number of alkyl carbamates (subject to hydrolysis) is 2. The van der Waals surface area contributed by atoms with E-state index in [1.807, 2.05) is 41.4 Å². The Balaban J connectivity index is 0.915. The van der Waals surface area contributed by atoms with Gasteiger partial charge in [-0.25, -0.2) is 19.6 Å². The number of carbonyl (C=O) groups is 4. The van der Waals surface area contributed by atoms with Gasteiger partial charge in [-0.05, 0) is 66.3 Å². The van der Waals surface area contributed by atoms with Crippen LogP contribution in [0.3, 0.4) is 0 Å². The van der Waals surface area contributed by atoms with E-state index in [0.29, 0.717) is 24.5 Å². The molecule has 1 saturated carbocycles. The van der Waals surface area contributed by atoms with Gasteiger partial charge in [-0.1, -0.05) is 91.7 Å². The minimum absolute atomic E-state index is 0.0749. The molecule has 0 unspecified atom stereocenters. The number of aromatic amines is 2. The summed E-state index contributed by atoms with van der Waals surface area (Å²) >= 11 is 0. The van der Waals surface area contributed by atoms with Gasteiger partial charge in [0.15, 0.2) is 0 Å². The largest absolute Gasteiger partial charge is 0.453 e. The van der Waals surface area contributed by atoms with E-state index in [4.69, 9.17) is 19.4 Å². The number of rotatable bonds is 10. The molecular formula is C45H50N8O6. The molecule has 0 spiro atoms. The van der Waals surface area contributed by atoms with Crippen molar-refractivity contribution in [3.63, 3.8) is 0 Å². The molecule has 3 fully saturated rings. The highest BCUT2D eigenvalue weighted by molar-refractivity contribution is 5.87. The molecule has 3 aromatic carbocycles. The van der Waals surface area contributed by atoms with E-state index >= 15 is 0 Å². The van der Waals surface area contributed by atoms with Crippen LogP contribution in [0.5, 0.6) is 0 Å². The van der Waals surface area contributed by atoms with Gasteiger partial charge in [-0.2, -0.15) is 0 Å². The van der Waals surface area contributed by atoms with Crippen LogP contribution in [-0.2, 0) is 19.1 Å². The number of ether oxygens (including phenoxy) is 2. The van der Waals surface area contributed by atoms with E-state index < -0.39 is 18.2 Å². The Labute approximate surface area is 343 Å². The van der Waals surface area contributed by atoms with Crippen molar-refractivity contribution in [1.82, 2.24) is 40.4 Å². The number of benzene rings is 3. The number of aromatic nitrogens is 4. The molecule has 5 aromatic rings. The van der Waals surface area contributed by atoms with Gasteiger partial charge in [-0.3, -0.25) is 9.59 Å². The van der Waals surface area contributed by atoms with E-state index in [0.717, 1.165) is 90.8 Å². The van der Waals surface area contributed by atoms with Crippen molar-refractivity contribution in [2.75, 3.05) is 27.3 Å². The predicted octanol–water partition coefficient (Wildman–Crippen LogP) is 7.47. The molecule has 1 aliphatic carbocycles. The van der Waals surface area contributed by atoms with Crippen LogP contribution in [0.25, 0.3) is 33.6 Å². The number of nitrogens with one attached hydrogen (secondary N) is 4. The third-order valence-corrected chi connectivity index (χ3v) is 12.0. The number of amides is 4. The third-order valence-electron chi connectivity index (χ3n) is 12.0. The molecule has 3 aliphatic rings. The standard InChI is InChI=1S/C45H50N8O6/c1-58-44(56)50-34-13-7-6-12-33(34)42(54)52-24-8-14-37(52)40-46-26-35(48-40)30-20-16-28(17-21-30)29-18-22-31(23-19-29)36-27-47-41(49-36)38-15-9-25-53(38)43(55)39(51-45(57)59-2)32-10-4-3-5-11-32/h3-5,10-11,16-23,26-27,33-34,37-39H,6-9,12-15,24-25H2,1-2H3,(H,46,48)(H,47,49)(H,50,56)(H,51,57)/t33-,34+,37-,38-,39+/m0/s1. The van der Waals surface area contributed by atoms with Gasteiger partial charge in [0, 0.05) is 19.1 Å². The van der Waals surface area contributed by atoms with Crippen molar-refractivity contribution in [2.24, 2.45) is 5.92 Å². The molecule has 0 radical (unpaired) electrons. The lowest BCUT2D eigenvalue weighted by molar-refractivity contribution is -0.138. The van der Waals surface area contributed by atoms with Crippen molar-refractivity contribution in [3.05, 3.63) is 108 Å². The molecule has 4 N–H and O–H groups in total. The highest BCUT2D eigenvalue weighted by Crippen LogP contribution is 2.37. The summed E-state index contributed by atoms with van der Waals surface area (Å²) in [5.74, 6) is 1.08. The van der Waals surface area contributed by atoms with Crippen molar-refractivity contribution in [3.8, 4) is 33.6 Å². The molecular weight excluding hydrogens is 749 g/mol. The number of carbonyl (C=O) groups excluding carboxylic acids is 4. The second-order valence-electron chi connectivity index (χ2n) is 15.5. The zero-order valence-electron chi connectivity index (χ0n) is 33.4. The second kappa shape index (κ2) is 17.6. The van der Waals surface area contributed by atoms with E-state index in [1.54, 1.807) is 11.1 Å². The molecule has 4 amide bonds. The highest BCUT2D eigenvalue weighted by Gasteiger charge is 2.40. The number of imidazole rings is 2. The molecule has 14 nitrogen and oxygen atoms in total. The molecule has 59 heavy (non-hydrogen) atoms. The first kappa shape index (κ1) is 39.4. The Morgan fingerprint density at radius 3 is 1.75 bits per heavy atom. The van der Waals surface area contributed by atoms with Crippen LogP contribution in [0.2, 0.25) is 0 Å². The number of hydrogen-bond donors (Lipinski definition) is 4. The molecule has 8 rings (SSSR count). The van der Waals surface area contributed by atoms with Crippen LogP contribution < -0.4 is 10.6 Å². The normalized spacial score (nSPS) is 20.8. The van der Waals surface area contributed by atoms with E-state index in [-0.39, 0.29) is 35.9 Å². The van der Waals surface area contributed by atoms with E-state index in [1.165, 1.54) is 14.2 Å². The lowest BCUT2D eigenvalue weighted by Gasteiger charge is -2.35. The van der Waals surface area contributed by atoms with Gasteiger partial charge in [0.1, 0.15) is 17.7 Å². The number of likely N-dealkylation sites (tertiary alicyclic amines) is 2. The Hall–Kier alpha value is -6.44. The maximum atomic E-state index is 13.9. The fourth-order valence-electron chi connectivity index (χ4n) is 8.92. The smallest absolute Gasteiger partial charge is 0.407 e. The summed E-state index contributed by atoms with van der Waals surface area (Å²) in [6, 6.07) is 24.3. The molecule has 14 heteroatoms. The topological polar surface area (TPSA) is 175 Å². The average molecular weight is 799 g/mol. The Morgan fingerprint density at radius 1 is 0.644 bits per heavy atom. The number of hydrogen-bond acceptors (Lipinski definition) is 8. The van der Waals surface area contributed by atoms with Gasteiger partial charge in [0.25, 0.3) is 5.91 Å². The molecule has 2 aromatic heterocycles. The summed E-state index contributed by atoms with van der Waals surface area (Å²) in [7, 11) is 2.63. The fourth-order valence-corrected chi connectivity index (χ4v) is 8.92. The van der Waals surface area contributed by atoms with Gasteiger partial charge in [0.2, 0.25) is 5.91 Å². The fraction of sp³-hybridized carbons (Fsp3) is 0.378. The quantitative estimate of drug-likeness (QED) is 0.113. The van der Waals surface area contributed by atoms with E-state index in [9.17, 15) is 19.2 Å². The Bertz CT molecular complexity index is 2260. The van der Waals surface area contributed by atoms with Crippen LogP contribution in [0.15, 0.2) is 91.3 Å². The third kappa shape index (κ3) is 8.43. The molecule has 0 bridgehead atoms. The number of methoxy groups -OCH3 is 2. The Kier molecular flexibility index (Phi) is 11.7. The van der Waals surface area contributed by atoms with Crippen LogP contribution in [0, 0.1) is 5.92 Å². The SMILES string of the molecule is COC(=O)N[C@@H](C(=O)N1CCC[C@H]1c1ncc(-c2ccc(-c3ccc(-c4cnc([C@@H]5CCCN5C(=O)[C@H]5CCCC[C@H]5NC(=O)OC)[nH]4)cc3)cc2)[nH]1)c1ccccc1. The highest BCUT2D eigenvalue weighted by atomic mass is 16.5. The first-order chi connectivity index (χ1) is 28.8. The van der Waals surface area contributed by atoms with Crippen LogP contribution >= 0.6 is 0 Å². The summed E-state index contributed by atoms with van der Waals surface area (Å²) < 4.78 is 9.66. The first-order valence-electron chi connectivity index (χ1n) is 20.5. The van der Waals surface area contributed by atoms with Crippen molar-refractivity contribution in [1.29, 1.82) is 0 Å². The van der Waals surface area contributed by atoms with Crippen LogP contribution in [-0.4, -0.2) is 87.1 Å². The van der Waals surface area contributed by atoms with Crippen LogP contribution in [0.4, 0.5) is 9.59 Å². The van der Waals surface area contributed by atoms with Crippen LogP contribution in [0.1, 0.15) is 86.7 Å². The molecule has 2 saturated heterocycles. The molecule has 4 heterocycles. The first-order valence-corrected chi connectivity index (χ1v) is 20.5. The van der Waals surface area contributed by atoms with Crippen molar-refractivity contribution in [2.45, 2.75) is 75.5 Å². The van der Waals surface area contributed by atoms with Gasteiger partial charge >= 0.3 is 12.2 Å². The van der Waals surface area contributed by atoms with Gasteiger partial charge in [-0.15, -0.1) is 0 Å². The van der Waals surface area contributed by atoms with Gasteiger partial charge < -0.3 is 39.9 Å². The summed E-state index contributed by atoms with van der Waals surface area (Å²) in [5, 5.41) is 5.61. The lowest BCUT2D eigenvalue weighted by Crippen LogP contribution is -2.49. The summed E-state index contributed by atoms with van der Waals surface area (Å²) in [4.78, 5) is 72.1. The summed E-state index contributed by atoms with van der Waals surface area (Å²) in [6.45, 7) is 1.23. The maximum Gasteiger partial charge on any atom is 0.407 e. The second-order valence-corrected chi connectivity index (χ2v) is 15.5. The lowest BCUT2D eigenvalue weighted by atomic mass is 9.83. The summed E-state index contributed by atoms with van der Waals surface area (Å²) in [5.41, 5.74) is 6.51. The predicted molar refractivity (Wildman–Crippen MR) is 220 cm³/mol. The molecule has 2 aliphatic heterocycles. The van der Waals surface area contributed by atoms with Crippen molar-refractivity contribution >= 4 is 24.0 Å². The molecule has 5 atom stereocenters. The minimum Gasteiger partial charge on any atom is -0.453 e. The zero-order valence-corrected chi connectivity index (χ0v) is 33.4. The van der Waals surface area contributed by atoms with Gasteiger partial charge in [0.05, 0.1) is 56.0 Å². The van der Waals surface area contributed by atoms with E-state index in [2.05, 4.69) is 69.1 Å². The zero-order chi connectivity index (χ0) is 40.9. The average Bonchev–Trinajstić information content (AvgIpc) is 4.13. The Morgan fingerprint density at radius 2 is 1.17 bits per heavy atom. The maximum absolute atomic E-state index is 13.9. The monoisotopic (exact) mass is 798 g/mol. The number of H-pyrrole nitrogens is 2. The summed E-state index contributed by atoms with van der Waals surface area (Å²) in [6.07, 6.45) is 9.23. The van der Waals surface area contributed by atoms with Crippen molar-refractivity contribution < 1.29 is 28.7 Å². The molecule has 306 valence electrons. The number of nitrogens with zero attached hydrogens (tertiary/aromatic N) is 4.